The number of cyclic esters (lactones) is 2. The number of alkyl halides is 6. The molecule has 0 bridgehead atoms. The topological polar surface area (TPSA) is 185 Å². The van der Waals surface area contributed by atoms with Crippen molar-refractivity contribution in [2.24, 2.45) is 11.8 Å². The normalized spacial score (nSPS) is 24.1. The van der Waals surface area contributed by atoms with Crippen LogP contribution in [0.3, 0.4) is 0 Å². The van der Waals surface area contributed by atoms with Gasteiger partial charge in [-0.2, -0.15) is 26.3 Å². The zero-order valence-corrected chi connectivity index (χ0v) is 28.2. The van der Waals surface area contributed by atoms with Gasteiger partial charge in [-0.1, -0.05) is 29.1 Å². The van der Waals surface area contributed by atoms with Crippen molar-refractivity contribution in [3.8, 4) is 11.8 Å². The SMILES string of the molecule is O=C1Nc2ccc(Cl)cc2[C@@](C#CC2CC2)(C(F)(F)F)O1.O=C1Nc2ccc(Cl)cc2[C@@](C(O)C(O)C2CC2)(C(F)(F)F)O1.[O]=[Os](=[O])(=[O])=[O]. The predicted molar refractivity (Wildman–Crippen MR) is 147 cm³/mol. The minimum atomic E-state index is -6.06. The first-order valence-corrected chi connectivity index (χ1v) is 18.6. The van der Waals surface area contributed by atoms with Gasteiger partial charge in [-0.3, -0.25) is 10.6 Å². The molecule has 268 valence electrons. The first kappa shape index (κ1) is 38.3. The van der Waals surface area contributed by atoms with Crippen LogP contribution in [0.4, 0.5) is 47.3 Å². The van der Waals surface area contributed by atoms with Gasteiger partial charge in [0, 0.05) is 27.1 Å². The second-order valence-corrected chi connectivity index (χ2v) is 14.4. The summed E-state index contributed by atoms with van der Waals surface area (Å²) in [4.78, 5) is 23.1. The van der Waals surface area contributed by atoms with E-state index in [1.54, 1.807) is 0 Å². The molecule has 2 aromatic carbocycles. The van der Waals surface area contributed by atoms with Crippen LogP contribution in [0.2, 0.25) is 10.0 Å². The fourth-order valence-corrected chi connectivity index (χ4v) is 5.20. The summed E-state index contributed by atoms with van der Waals surface area (Å²) in [5, 5.41) is 24.8. The van der Waals surface area contributed by atoms with Crippen molar-refractivity contribution in [1.82, 2.24) is 0 Å². The van der Waals surface area contributed by atoms with Gasteiger partial charge in [0.25, 0.3) is 11.2 Å². The Hall–Kier alpha value is -3.54. The molecule has 0 saturated heterocycles. The molecule has 0 spiro atoms. The van der Waals surface area contributed by atoms with E-state index in [4.69, 9.17) is 37.4 Å². The minimum absolute atomic E-state index is 0.00179. The Labute approximate surface area is 284 Å². The van der Waals surface area contributed by atoms with Gasteiger partial charge in [0.2, 0.25) is 0 Å². The second kappa shape index (κ2) is 13.6. The molecular weight excluding hydrogens is 899 g/mol. The van der Waals surface area contributed by atoms with Crippen LogP contribution in [0.5, 0.6) is 0 Å². The molecular formula is C28H22Cl2F6N2O10Os. The van der Waals surface area contributed by atoms with Crippen LogP contribution >= 0.6 is 23.2 Å². The molecule has 4 atom stereocenters. The van der Waals surface area contributed by atoms with E-state index < -0.39 is 74.3 Å². The van der Waals surface area contributed by atoms with Gasteiger partial charge in [-0.05, 0) is 73.9 Å². The van der Waals surface area contributed by atoms with Gasteiger partial charge in [0.15, 0.2) is 0 Å². The van der Waals surface area contributed by atoms with Crippen LogP contribution < -0.4 is 10.6 Å². The summed E-state index contributed by atoms with van der Waals surface area (Å²) in [6.07, 6.45) is -14.1. The first-order valence-electron chi connectivity index (χ1n) is 13.7. The van der Waals surface area contributed by atoms with Crippen molar-refractivity contribution in [2.45, 2.75) is 61.4 Å². The van der Waals surface area contributed by atoms with Crippen molar-refractivity contribution >= 4 is 46.8 Å². The van der Waals surface area contributed by atoms with Crippen LogP contribution in [0.1, 0.15) is 36.8 Å². The second-order valence-electron chi connectivity index (χ2n) is 11.0. The Bertz CT molecular complexity index is 1920. The number of amides is 2. The van der Waals surface area contributed by atoms with E-state index in [1.165, 1.54) is 24.3 Å². The number of nitrogens with one attached hydrogen (secondary N) is 2. The number of aliphatic hydroxyl groups is 2. The molecule has 4 N–H and O–H groups in total. The van der Waals surface area contributed by atoms with Gasteiger partial charge < -0.3 is 19.7 Å². The molecule has 0 aromatic heterocycles. The number of hydrogen-bond donors (Lipinski definition) is 4. The Balaban J connectivity index is 0.000000195. The Kier molecular flexibility index (Phi) is 10.6. The van der Waals surface area contributed by atoms with Crippen LogP contribution in [0, 0.1) is 23.7 Å². The van der Waals surface area contributed by atoms with Gasteiger partial charge in [-0.25, -0.2) is 9.59 Å². The van der Waals surface area contributed by atoms with Crippen molar-refractivity contribution in [3.63, 3.8) is 0 Å². The Morgan fingerprint density at radius 2 is 1.27 bits per heavy atom. The summed E-state index contributed by atoms with van der Waals surface area (Å²) in [7, 11) is 0. The molecule has 2 aromatic rings. The average molecular weight is 922 g/mol. The molecule has 6 rings (SSSR count). The quantitative estimate of drug-likeness (QED) is 0.199. The van der Waals surface area contributed by atoms with E-state index in [2.05, 4.69) is 31.9 Å². The summed E-state index contributed by atoms with van der Waals surface area (Å²) in [5.74, 6) is 4.14. The van der Waals surface area contributed by atoms with Crippen molar-refractivity contribution in [2.75, 3.05) is 10.6 Å². The molecule has 21 heteroatoms. The number of halogens is 8. The molecule has 2 aliphatic carbocycles. The number of benzene rings is 2. The molecule has 2 amide bonds. The van der Waals surface area contributed by atoms with E-state index in [1.807, 2.05) is 0 Å². The summed E-state index contributed by atoms with van der Waals surface area (Å²) in [5.41, 5.74) is -7.36. The van der Waals surface area contributed by atoms with Crippen molar-refractivity contribution < 1.29 is 84.6 Å². The number of fused-ring (bicyclic) bond motifs is 2. The van der Waals surface area contributed by atoms with Gasteiger partial charge >= 0.3 is 53.5 Å². The number of aliphatic hydroxyl groups excluding tert-OH is 2. The van der Waals surface area contributed by atoms with Gasteiger partial charge in [0.1, 0.15) is 6.10 Å². The molecule has 49 heavy (non-hydrogen) atoms. The summed E-state index contributed by atoms with van der Waals surface area (Å²) in [6, 6.07) is 7.27. The number of carbonyl (C=O) groups excluding carboxylic acids is 2. The third-order valence-electron chi connectivity index (χ3n) is 7.41. The number of hydrogen-bond acceptors (Lipinski definition) is 10. The molecule has 2 heterocycles. The molecule has 12 nitrogen and oxygen atoms in total. The van der Waals surface area contributed by atoms with E-state index in [0.717, 1.165) is 25.0 Å². The number of carbonyl (C=O) groups is 2. The zero-order valence-electron chi connectivity index (χ0n) is 24.1. The summed E-state index contributed by atoms with van der Waals surface area (Å²) < 4.78 is 126. The van der Waals surface area contributed by atoms with E-state index in [-0.39, 0.29) is 32.9 Å². The van der Waals surface area contributed by atoms with Gasteiger partial charge in [-0.15, -0.1) is 0 Å². The molecule has 2 unspecified atom stereocenters. The number of anilines is 2. The van der Waals surface area contributed by atoms with Crippen molar-refractivity contribution in [3.05, 3.63) is 57.6 Å². The van der Waals surface area contributed by atoms with Crippen LogP contribution in [-0.4, -0.2) is 47.0 Å². The third kappa shape index (κ3) is 8.61. The van der Waals surface area contributed by atoms with Crippen LogP contribution in [0.15, 0.2) is 36.4 Å². The zero-order chi connectivity index (χ0) is 36.7. The van der Waals surface area contributed by atoms with Crippen molar-refractivity contribution in [1.29, 1.82) is 0 Å². The maximum absolute atomic E-state index is 13.9. The Morgan fingerprint density at radius 3 is 1.71 bits per heavy atom. The predicted octanol–water partition coefficient (Wildman–Crippen LogP) is 6.39. The average Bonchev–Trinajstić information content (AvgIpc) is 3.88. The maximum atomic E-state index is 13.9. The molecule has 2 aliphatic heterocycles. The van der Waals surface area contributed by atoms with Gasteiger partial charge in [0.05, 0.1) is 17.5 Å². The van der Waals surface area contributed by atoms with Crippen LogP contribution in [-0.2, 0) is 49.7 Å². The summed E-state index contributed by atoms with van der Waals surface area (Å²) >= 11 is 5.50. The van der Waals surface area contributed by atoms with E-state index in [9.17, 15) is 46.1 Å². The van der Waals surface area contributed by atoms with E-state index >= 15 is 0 Å². The molecule has 2 saturated carbocycles. The monoisotopic (exact) mass is 922 g/mol. The standard InChI is InChI=1S/C14H13ClF3NO4.C14H9ClF3NO2.4O.Os/c15-7-3-4-9-8(5-7)13(14(16,17)18,23-12(22)19-9)11(21)10(20)6-1-2-6;15-9-3-4-11-10(7-9)13(14(16,17)18,21-12(20)19-11)6-5-8-1-2-8;;;;;/h3-6,10-11,20-21H,1-2H2,(H,19,22);3-4,7-8H,1-2H2,(H,19,20);;;;;/t10?,11?,13-;13-;;;;;/m10...../s1. The first-order chi connectivity index (χ1) is 22.5. The fourth-order valence-electron chi connectivity index (χ4n) is 4.86. The molecule has 2 fully saturated rings. The fraction of sp³-hybridized carbons (Fsp3) is 0.429. The number of ether oxygens (including phenoxy) is 2. The molecule has 0 radical (unpaired) electrons. The Morgan fingerprint density at radius 1 is 0.796 bits per heavy atom. The van der Waals surface area contributed by atoms with Crippen LogP contribution in [0.25, 0.3) is 0 Å². The summed E-state index contributed by atoms with van der Waals surface area (Å²) in [6.45, 7) is 0. The third-order valence-corrected chi connectivity index (χ3v) is 7.88. The molecule has 4 aliphatic rings. The van der Waals surface area contributed by atoms with E-state index in [0.29, 0.717) is 12.8 Å². The number of rotatable bonds is 3.